The van der Waals surface area contributed by atoms with E-state index in [1.165, 1.54) is 192 Å². The van der Waals surface area contributed by atoms with Gasteiger partial charge < -0.3 is 14.7 Å². The van der Waals surface area contributed by atoms with Crippen LogP contribution in [0.4, 0.5) is 39.1 Å². The van der Waals surface area contributed by atoms with Crippen LogP contribution in [0.15, 0.2) is 78.3 Å². The molecular formula is C87H108BN3S. The molecule has 1 saturated carbocycles. The second-order valence-corrected chi connectivity index (χ2v) is 39.1. The summed E-state index contributed by atoms with van der Waals surface area (Å²) in [5, 5.41) is 2.88. The highest BCUT2D eigenvalue weighted by atomic mass is 32.1. The van der Waals surface area contributed by atoms with Crippen molar-refractivity contribution in [2.24, 2.45) is 0 Å². The van der Waals surface area contributed by atoms with Crippen LogP contribution < -0.4 is 25.6 Å². The number of hydrogen-bond acceptors (Lipinski definition) is 4. The molecule has 2 unspecified atom stereocenters. The van der Waals surface area contributed by atoms with Crippen LogP contribution in [0.1, 0.15) is 299 Å². The standard InChI is InChI=1S/C87H108BN3S/c1-49-37-52(4)71-67(38-49)91(87(24)28-26-25-27-86(71,87)23)53-41-68-73-69(42-53)90(66-47-63-58(40-51(66)3)78(7,8)30-35-83(63,17)18)76-72(55-44-60-64(48-70(55)92-76)84(19,20)36-32-80(60,11)12)88(73)75-74(89(68)65-46-62-57(39-50(65)2)77(5,6)29-34-82(62,15)16)54-43-59-61(45-56(54)85(75,21)22)81(13,14)33-31-79(59,9)10/h37-48H,25-36H2,1-24H3. The minimum Gasteiger partial charge on any atom is -0.334 e. The Morgan fingerprint density at radius 2 is 0.804 bits per heavy atom. The predicted octanol–water partition coefficient (Wildman–Crippen LogP) is 23.1. The van der Waals surface area contributed by atoms with E-state index in [-0.39, 0.29) is 66.4 Å². The van der Waals surface area contributed by atoms with E-state index in [2.05, 4.69) is 265 Å². The molecule has 3 aliphatic heterocycles. The largest absolute Gasteiger partial charge is 0.334 e. The van der Waals surface area contributed by atoms with Gasteiger partial charge in [-0.2, -0.15) is 0 Å². The minimum absolute atomic E-state index is 0.00967. The van der Waals surface area contributed by atoms with Crippen molar-refractivity contribution < 1.29 is 0 Å². The van der Waals surface area contributed by atoms with Crippen molar-refractivity contribution in [3.63, 3.8) is 0 Å². The molecule has 3 nitrogen and oxygen atoms in total. The normalized spacial score (nSPS) is 26.0. The summed E-state index contributed by atoms with van der Waals surface area (Å²) in [6, 6.07) is 32.6. The van der Waals surface area contributed by atoms with E-state index in [0.717, 1.165) is 6.42 Å². The molecule has 1 fully saturated rings. The molecule has 0 amide bonds. The number of allylic oxidation sites excluding steroid dienone is 1. The van der Waals surface area contributed by atoms with Gasteiger partial charge in [0.1, 0.15) is 0 Å². The van der Waals surface area contributed by atoms with E-state index in [1.54, 1.807) is 33.3 Å². The van der Waals surface area contributed by atoms with Crippen LogP contribution in [0, 0.1) is 27.7 Å². The topological polar surface area (TPSA) is 9.72 Å². The second-order valence-electron chi connectivity index (χ2n) is 38.1. The molecule has 0 bridgehead atoms. The Morgan fingerprint density at radius 1 is 0.370 bits per heavy atom. The number of benzene rings is 6. The molecule has 0 radical (unpaired) electrons. The third-order valence-corrected chi connectivity index (χ3v) is 29.2. The first-order valence-electron chi connectivity index (χ1n) is 36.3. The van der Waals surface area contributed by atoms with Crippen LogP contribution in [-0.2, 0) is 54.1 Å². The summed E-state index contributed by atoms with van der Waals surface area (Å²) in [6.45, 7) is 61.0. The fourth-order valence-corrected chi connectivity index (χ4v) is 22.8. The smallest absolute Gasteiger partial charge is 0.250 e. The van der Waals surface area contributed by atoms with E-state index < -0.39 is 0 Å². The first-order chi connectivity index (χ1) is 42.7. The van der Waals surface area contributed by atoms with E-state index in [4.69, 9.17) is 0 Å². The van der Waals surface area contributed by atoms with E-state index in [1.807, 2.05) is 0 Å². The highest BCUT2D eigenvalue weighted by molar-refractivity contribution is 7.26. The Kier molecular flexibility index (Phi) is 12.4. The zero-order chi connectivity index (χ0) is 65.7. The monoisotopic (exact) mass is 1240 g/mol. The average Bonchev–Trinajstić information content (AvgIpc) is 1.44. The highest BCUT2D eigenvalue weighted by Gasteiger charge is 2.61. The van der Waals surface area contributed by atoms with Crippen molar-refractivity contribution >= 4 is 83.9 Å². The maximum Gasteiger partial charge on any atom is 0.250 e. The molecule has 4 heterocycles. The first-order valence-corrected chi connectivity index (χ1v) is 37.1. The zero-order valence-electron chi connectivity index (χ0n) is 61.2. The lowest BCUT2D eigenvalue weighted by Crippen LogP contribution is -2.58. The second kappa shape index (κ2) is 18.5. The van der Waals surface area contributed by atoms with Crippen LogP contribution >= 0.6 is 11.3 Å². The quantitative estimate of drug-likeness (QED) is 0.163. The van der Waals surface area contributed by atoms with Gasteiger partial charge in [-0.15, -0.1) is 11.3 Å². The average molecular weight is 1240 g/mol. The van der Waals surface area contributed by atoms with Gasteiger partial charge in [-0.1, -0.05) is 174 Å². The van der Waals surface area contributed by atoms with Crippen LogP contribution in [0.3, 0.4) is 0 Å². The molecule has 0 saturated heterocycles. The molecule has 0 N–H and O–H groups in total. The van der Waals surface area contributed by atoms with Gasteiger partial charge in [0.2, 0.25) is 0 Å². The lowest BCUT2D eigenvalue weighted by Gasteiger charge is -2.51. The van der Waals surface area contributed by atoms with Gasteiger partial charge >= 0.3 is 0 Å². The summed E-state index contributed by atoms with van der Waals surface area (Å²) in [7, 11) is 0. The summed E-state index contributed by atoms with van der Waals surface area (Å²) < 4.78 is 1.44. The molecule has 92 heavy (non-hydrogen) atoms. The molecule has 6 aliphatic carbocycles. The predicted molar refractivity (Wildman–Crippen MR) is 399 cm³/mol. The number of fused-ring (bicyclic) bond motifs is 14. The molecule has 480 valence electrons. The number of thiophene rings is 1. The van der Waals surface area contributed by atoms with Crippen molar-refractivity contribution in [1.82, 2.24) is 0 Å². The summed E-state index contributed by atoms with van der Waals surface area (Å²) >= 11 is 2.11. The number of rotatable bonds is 3. The van der Waals surface area contributed by atoms with Crippen molar-refractivity contribution in [3.8, 4) is 0 Å². The number of nitrogens with zero attached hydrogens (tertiary/aromatic N) is 3. The lowest BCUT2D eigenvalue weighted by atomic mass is 9.30. The van der Waals surface area contributed by atoms with Gasteiger partial charge in [0.25, 0.3) is 6.71 Å². The van der Waals surface area contributed by atoms with Gasteiger partial charge in [-0.05, 0) is 285 Å². The van der Waals surface area contributed by atoms with Crippen LogP contribution in [-0.4, -0.2) is 12.3 Å². The van der Waals surface area contributed by atoms with Crippen LogP contribution in [0.25, 0.3) is 15.8 Å². The van der Waals surface area contributed by atoms with Crippen molar-refractivity contribution in [1.29, 1.82) is 0 Å². The van der Waals surface area contributed by atoms with Gasteiger partial charge in [0.15, 0.2) is 0 Å². The Balaban J connectivity index is 1.12. The van der Waals surface area contributed by atoms with Crippen LogP contribution in [0.2, 0.25) is 0 Å². The van der Waals surface area contributed by atoms with E-state index in [0.29, 0.717) is 0 Å². The first kappa shape index (κ1) is 61.4. The summed E-state index contributed by atoms with van der Waals surface area (Å²) in [5.41, 5.74) is 36.5. The van der Waals surface area contributed by atoms with Gasteiger partial charge in [-0.3, -0.25) is 0 Å². The molecule has 9 aliphatic rings. The van der Waals surface area contributed by atoms with Crippen molar-refractivity contribution in [2.75, 3.05) is 14.7 Å². The van der Waals surface area contributed by atoms with Crippen molar-refractivity contribution in [3.05, 3.63) is 162 Å². The molecule has 0 spiro atoms. The SMILES string of the molecule is Cc1cc(C)c2c(c1)N(c1cc3c4c(c1)N(c1cc5c(cc1C)C(C)(C)CCC5(C)C)c1sc5cc6c(cc5c1B4C1=C(c4cc5c(cc4C1(C)C)C(C)(C)CCC5(C)C)N3c1cc3c(cc1C)C(C)(C)CCC3(C)C)C(C)(C)CCC6(C)C)C1(C)CCCCC21C. The highest BCUT2D eigenvalue weighted by Crippen LogP contribution is 2.66. The van der Waals surface area contributed by atoms with E-state index in [9.17, 15) is 0 Å². The summed E-state index contributed by atoms with van der Waals surface area (Å²) in [5.74, 6) is 0. The number of anilines is 7. The molecule has 16 rings (SSSR count). The third-order valence-electron chi connectivity index (χ3n) is 28.0. The van der Waals surface area contributed by atoms with Gasteiger partial charge in [0.05, 0.1) is 16.2 Å². The third kappa shape index (κ3) is 7.93. The molecule has 6 aromatic carbocycles. The van der Waals surface area contributed by atoms with Gasteiger partial charge in [-0.25, -0.2) is 0 Å². The zero-order valence-corrected chi connectivity index (χ0v) is 62.1. The van der Waals surface area contributed by atoms with Crippen LogP contribution in [0.5, 0.6) is 0 Å². The van der Waals surface area contributed by atoms with Gasteiger partial charge in [0, 0.05) is 55.2 Å². The maximum atomic E-state index is 2.96. The summed E-state index contributed by atoms with van der Waals surface area (Å²) in [6.07, 6.45) is 14.3. The fraction of sp³-hybridized carbons (Fsp3) is 0.540. The van der Waals surface area contributed by atoms with E-state index >= 15 is 0 Å². The Labute approximate surface area is 559 Å². The Hall–Kier alpha value is -5.52. The summed E-state index contributed by atoms with van der Waals surface area (Å²) in [4.78, 5) is 8.83. The molecule has 1 aromatic heterocycles. The Morgan fingerprint density at radius 3 is 1.33 bits per heavy atom. The molecule has 5 heteroatoms. The maximum absolute atomic E-state index is 2.96. The fourth-order valence-electron chi connectivity index (χ4n) is 21.5. The Bertz CT molecular complexity index is 4500. The molecular weight excluding hydrogens is 1130 g/mol. The minimum atomic E-state index is -0.335. The number of aryl methyl sites for hydroxylation is 4. The number of hydrogen-bond donors (Lipinski definition) is 0. The molecule has 2 atom stereocenters. The lowest BCUT2D eigenvalue weighted by molar-refractivity contribution is 0.194. The molecule has 7 aromatic rings. The van der Waals surface area contributed by atoms with Crippen molar-refractivity contribution in [2.45, 2.75) is 303 Å².